The van der Waals surface area contributed by atoms with Gasteiger partial charge >= 0.3 is 5.97 Å². The Hall–Kier alpha value is -3.43. The van der Waals surface area contributed by atoms with Gasteiger partial charge in [0.2, 0.25) is 11.9 Å². The number of carbonyl (C=O) groups is 3. The molecule has 1 aromatic heterocycles. The van der Waals surface area contributed by atoms with E-state index >= 15 is 0 Å². The minimum atomic E-state index is -1.08. The van der Waals surface area contributed by atoms with Crippen molar-refractivity contribution in [1.29, 1.82) is 0 Å². The molecule has 0 aliphatic carbocycles. The first-order valence-corrected chi connectivity index (χ1v) is 7.42. The molecule has 0 fully saturated rings. The van der Waals surface area contributed by atoms with Crippen LogP contribution in [-0.4, -0.2) is 50.3 Å². The molecular formula is C15H15N5O5. The first kappa shape index (κ1) is 16.4. The predicted molar refractivity (Wildman–Crippen MR) is 85.2 cm³/mol. The van der Waals surface area contributed by atoms with Gasteiger partial charge in [-0.3, -0.25) is 24.6 Å². The smallest absolute Gasteiger partial charge is 0.325 e. The van der Waals surface area contributed by atoms with Crippen molar-refractivity contribution in [2.45, 2.75) is 19.6 Å². The van der Waals surface area contributed by atoms with Crippen molar-refractivity contribution in [2.24, 2.45) is 0 Å². The molecule has 130 valence electrons. The maximum Gasteiger partial charge on any atom is 0.325 e. The Kier molecular flexibility index (Phi) is 4.33. The van der Waals surface area contributed by atoms with Crippen molar-refractivity contribution in [3.8, 4) is 5.75 Å². The zero-order valence-electron chi connectivity index (χ0n) is 13.2. The SMILES string of the molecule is CC1Oc2ccccc2N(CC(=O)Nc2ncn(CC(=O)O)n2)C1=O. The lowest BCUT2D eigenvalue weighted by molar-refractivity contribution is -0.137. The predicted octanol–water partition coefficient (Wildman–Crippen LogP) is 0.115. The summed E-state index contributed by atoms with van der Waals surface area (Å²) < 4.78 is 6.59. The maximum atomic E-state index is 12.3. The zero-order valence-corrected chi connectivity index (χ0v) is 13.2. The second-order valence-electron chi connectivity index (χ2n) is 5.36. The quantitative estimate of drug-likeness (QED) is 0.787. The van der Waals surface area contributed by atoms with E-state index in [4.69, 9.17) is 9.84 Å². The fourth-order valence-electron chi connectivity index (χ4n) is 2.40. The van der Waals surface area contributed by atoms with Crippen LogP contribution in [0.3, 0.4) is 0 Å². The molecule has 10 nitrogen and oxygen atoms in total. The number of amides is 2. The van der Waals surface area contributed by atoms with E-state index in [0.29, 0.717) is 11.4 Å². The van der Waals surface area contributed by atoms with Crippen LogP contribution in [0.15, 0.2) is 30.6 Å². The van der Waals surface area contributed by atoms with Crippen LogP contribution in [-0.2, 0) is 20.9 Å². The van der Waals surface area contributed by atoms with Gasteiger partial charge < -0.3 is 9.84 Å². The van der Waals surface area contributed by atoms with Crippen LogP contribution in [0.25, 0.3) is 0 Å². The molecule has 10 heteroatoms. The molecule has 1 aliphatic rings. The number of carboxylic acid groups (broad SMARTS) is 1. The molecule has 1 aromatic carbocycles. The molecule has 0 radical (unpaired) electrons. The fraction of sp³-hybridized carbons (Fsp3) is 0.267. The van der Waals surface area contributed by atoms with Crippen molar-refractivity contribution in [2.75, 3.05) is 16.8 Å². The number of ether oxygens (including phenoxy) is 1. The molecule has 2 amide bonds. The van der Waals surface area contributed by atoms with Gasteiger partial charge in [0.05, 0.1) is 5.69 Å². The average molecular weight is 345 g/mol. The van der Waals surface area contributed by atoms with Crippen LogP contribution in [0.4, 0.5) is 11.6 Å². The number of rotatable bonds is 5. The molecule has 0 saturated heterocycles. The maximum absolute atomic E-state index is 12.3. The molecule has 1 aliphatic heterocycles. The van der Waals surface area contributed by atoms with Crippen LogP contribution in [0.5, 0.6) is 5.75 Å². The highest BCUT2D eigenvalue weighted by Crippen LogP contribution is 2.33. The minimum absolute atomic E-state index is 0.0340. The number of nitrogens with one attached hydrogen (secondary N) is 1. The number of hydrogen-bond donors (Lipinski definition) is 2. The first-order chi connectivity index (χ1) is 11.9. The highest BCUT2D eigenvalue weighted by atomic mass is 16.5. The Morgan fingerprint density at radius 2 is 2.08 bits per heavy atom. The summed E-state index contributed by atoms with van der Waals surface area (Å²) in [4.78, 5) is 40.3. The van der Waals surface area contributed by atoms with Gasteiger partial charge in [-0.1, -0.05) is 12.1 Å². The van der Waals surface area contributed by atoms with E-state index in [0.717, 1.165) is 4.68 Å². The van der Waals surface area contributed by atoms with E-state index in [2.05, 4.69) is 15.4 Å². The number of nitrogens with zero attached hydrogens (tertiary/aromatic N) is 4. The van der Waals surface area contributed by atoms with Gasteiger partial charge in [-0.15, -0.1) is 5.10 Å². The lowest BCUT2D eigenvalue weighted by Crippen LogP contribution is -2.47. The number of carbonyl (C=O) groups excluding carboxylic acids is 2. The molecule has 2 heterocycles. The van der Waals surface area contributed by atoms with E-state index in [1.807, 2.05) is 0 Å². The number of para-hydroxylation sites is 2. The zero-order chi connectivity index (χ0) is 18.0. The van der Waals surface area contributed by atoms with Gasteiger partial charge in [0.1, 0.15) is 25.2 Å². The van der Waals surface area contributed by atoms with Crippen LogP contribution in [0.2, 0.25) is 0 Å². The molecule has 2 N–H and O–H groups in total. The topological polar surface area (TPSA) is 127 Å². The Labute approximate surface area is 142 Å². The molecule has 0 bridgehead atoms. The average Bonchev–Trinajstić information content (AvgIpc) is 2.97. The summed E-state index contributed by atoms with van der Waals surface area (Å²) >= 11 is 0. The van der Waals surface area contributed by atoms with E-state index in [1.165, 1.54) is 11.2 Å². The van der Waals surface area contributed by atoms with Gasteiger partial charge in [-0.25, -0.2) is 9.67 Å². The van der Waals surface area contributed by atoms with E-state index in [9.17, 15) is 14.4 Å². The number of fused-ring (bicyclic) bond motifs is 1. The number of carboxylic acids is 1. The van der Waals surface area contributed by atoms with Gasteiger partial charge in [-0.05, 0) is 19.1 Å². The Bertz CT molecular complexity index is 833. The highest BCUT2D eigenvalue weighted by Gasteiger charge is 2.32. The van der Waals surface area contributed by atoms with Gasteiger partial charge in [0.25, 0.3) is 5.91 Å². The van der Waals surface area contributed by atoms with Crippen LogP contribution in [0.1, 0.15) is 6.92 Å². The van der Waals surface area contributed by atoms with Gasteiger partial charge in [0.15, 0.2) is 6.10 Å². The normalized spacial score (nSPS) is 16.1. The summed E-state index contributed by atoms with van der Waals surface area (Å²) in [5.41, 5.74) is 0.505. The summed E-state index contributed by atoms with van der Waals surface area (Å²) in [6, 6.07) is 6.93. The minimum Gasteiger partial charge on any atom is -0.480 e. The number of hydrogen-bond acceptors (Lipinski definition) is 6. The van der Waals surface area contributed by atoms with E-state index < -0.39 is 18.0 Å². The molecule has 0 spiro atoms. The van der Waals surface area contributed by atoms with Crippen molar-refractivity contribution in [3.63, 3.8) is 0 Å². The van der Waals surface area contributed by atoms with E-state index in [-0.39, 0.29) is 24.9 Å². The molecule has 1 atom stereocenters. The summed E-state index contributed by atoms with van der Waals surface area (Å²) in [5, 5.41) is 15.0. The summed E-state index contributed by atoms with van der Waals surface area (Å²) in [7, 11) is 0. The monoisotopic (exact) mass is 345 g/mol. The number of aliphatic carboxylic acids is 1. The first-order valence-electron chi connectivity index (χ1n) is 7.42. The van der Waals surface area contributed by atoms with Crippen molar-refractivity contribution in [1.82, 2.24) is 14.8 Å². The third-order valence-corrected chi connectivity index (χ3v) is 3.46. The van der Waals surface area contributed by atoms with Crippen LogP contribution < -0.4 is 15.0 Å². The fourth-order valence-corrected chi connectivity index (χ4v) is 2.40. The summed E-state index contributed by atoms with van der Waals surface area (Å²) in [6.07, 6.45) is 0.497. The molecule has 1 unspecified atom stereocenters. The third kappa shape index (κ3) is 3.57. The van der Waals surface area contributed by atoms with Gasteiger partial charge in [-0.2, -0.15) is 0 Å². The van der Waals surface area contributed by atoms with Crippen molar-refractivity contribution < 1.29 is 24.2 Å². The second-order valence-corrected chi connectivity index (χ2v) is 5.36. The molecule has 2 aromatic rings. The Balaban J connectivity index is 1.71. The highest BCUT2D eigenvalue weighted by molar-refractivity contribution is 6.05. The van der Waals surface area contributed by atoms with Crippen LogP contribution in [0, 0.1) is 0 Å². The second kappa shape index (κ2) is 6.59. The lowest BCUT2D eigenvalue weighted by Gasteiger charge is -2.32. The molecular weight excluding hydrogens is 330 g/mol. The third-order valence-electron chi connectivity index (χ3n) is 3.46. The summed E-state index contributed by atoms with van der Waals surface area (Å²) in [6.45, 7) is 1.00. The van der Waals surface area contributed by atoms with Gasteiger partial charge in [0, 0.05) is 0 Å². The number of anilines is 2. The molecule has 25 heavy (non-hydrogen) atoms. The Morgan fingerprint density at radius 3 is 2.84 bits per heavy atom. The number of benzene rings is 1. The molecule has 3 rings (SSSR count). The largest absolute Gasteiger partial charge is 0.480 e. The lowest BCUT2D eigenvalue weighted by atomic mass is 10.2. The van der Waals surface area contributed by atoms with Crippen LogP contribution >= 0.6 is 0 Å². The Morgan fingerprint density at radius 1 is 1.32 bits per heavy atom. The molecule has 0 saturated carbocycles. The standard InChI is InChI=1S/C15H15N5O5/c1-9-14(24)20(10-4-2-3-5-11(10)25-9)6-12(21)17-15-16-8-19(18-15)7-13(22)23/h2-5,8-9H,6-7H2,1H3,(H,22,23)(H,17,18,21). The van der Waals surface area contributed by atoms with E-state index in [1.54, 1.807) is 31.2 Å². The summed E-state index contributed by atoms with van der Waals surface area (Å²) in [5.74, 6) is -1.43. The van der Waals surface area contributed by atoms with Crippen molar-refractivity contribution in [3.05, 3.63) is 30.6 Å². The number of aromatic nitrogens is 3. The van der Waals surface area contributed by atoms with Crippen molar-refractivity contribution >= 4 is 29.4 Å².